The monoisotopic (exact) mass is 366 g/mol. The third kappa shape index (κ3) is 2.38. The first-order chi connectivity index (χ1) is 12.5. The van der Waals surface area contributed by atoms with Gasteiger partial charge in [0, 0.05) is 25.1 Å². The van der Waals surface area contributed by atoms with Crippen LogP contribution in [0.2, 0.25) is 0 Å². The molecule has 2 aromatic rings. The fraction of sp³-hybridized carbons (Fsp3) is 0.412. The Labute approximate surface area is 147 Å². The molecule has 2 unspecified atom stereocenters. The zero-order chi connectivity index (χ0) is 18.5. The first-order valence-electron chi connectivity index (χ1n) is 8.14. The molecule has 2 N–H and O–H groups in total. The van der Waals surface area contributed by atoms with Gasteiger partial charge in [-0.15, -0.1) is 10.2 Å². The van der Waals surface area contributed by atoms with E-state index in [1.54, 1.807) is 12.1 Å². The molecule has 138 valence electrons. The molecule has 2 atom stereocenters. The number of hydrogen-bond donors (Lipinski definition) is 2. The van der Waals surface area contributed by atoms with Gasteiger partial charge in [-0.2, -0.15) is 0 Å². The van der Waals surface area contributed by atoms with Crippen LogP contribution in [0.4, 0.5) is 24.7 Å². The van der Waals surface area contributed by atoms with Crippen molar-refractivity contribution in [2.75, 3.05) is 30.4 Å². The number of methoxy groups -OCH3 is 1. The van der Waals surface area contributed by atoms with Crippen LogP contribution >= 0.6 is 0 Å². The second-order valence-electron chi connectivity index (χ2n) is 6.51. The summed E-state index contributed by atoms with van der Waals surface area (Å²) < 4.78 is 46.7. The number of fused-ring (bicyclic) bond motifs is 3. The number of aliphatic hydroxyl groups is 1. The second kappa shape index (κ2) is 6.01. The Kier molecular flexibility index (Phi) is 3.91. The maximum absolute atomic E-state index is 14.0. The van der Waals surface area contributed by atoms with E-state index in [4.69, 9.17) is 4.74 Å². The highest BCUT2D eigenvalue weighted by molar-refractivity contribution is 5.78. The average molecular weight is 366 g/mol. The van der Waals surface area contributed by atoms with Crippen molar-refractivity contribution in [3.63, 3.8) is 0 Å². The summed E-state index contributed by atoms with van der Waals surface area (Å²) in [5.74, 6) is -0.192. The van der Waals surface area contributed by atoms with Gasteiger partial charge < -0.3 is 20.1 Å². The largest absolute Gasteiger partial charge is 0.493 e. The number of benzene rings is 1. The molecule has 0 amide bonds. The lowest BCUT2D eigenvalue weighted by atomic mass is 9.93. The van der Waals surface area contributed by atoms with Crippen LogP contribution in [0.5, 0.6) is 5.75 Å². The number of hydrogen-bond acceptors (Lipinski definition) is 6. The molecule has 6 nitrogen and oxygen atoms in total. The Morgan fingerprint density at radius 3 is 2.92 bits per heavy atom. The van der Waals surface area contributed by atoms with Crippen LogP contribution < -0.4 is 15.0 Å². The molecule has 2 aliphatic heterocycles. The quantitative estimate of drug-likeness (QED) is 0.869. The minimum absolute atomic E-state index is 0.00657. The SMILES string of the molecule is COc1c(F)cccc1-c1cc2c(nn1)NCC1(C(F)F)CC(O)CN21. The van der Waals surface area contributed by atoms with Crippen molar-refractivity contribution >= 4 is 11.5 Å². The molecule has 0 spiro atoms. The standard InChI is InChI=1S/C17H17F3N4O2/c1-26-14-10(3-2-4-11(14)18)12-5-13-15(23-22-12)21-8-17(16(19)20)6-9(25)7-24(13)17/h2-5,9,16,25H,6-8H2,1H3,(H,21,23). The van der Waals surface area contributed by atoms with Gasteiger partial charge in [0.05, 0.1) is 24.6 Å². The summed E-state index contributed by atoms with van der Waals surface area (Å²) in [4.78, 5) is 1.48. The maximum Gasteiger partial charge on any atom is 0.263 e. The molecule has 9 heteroatoms. The molecule has 1 fully saturated rings. The maximum atomic E-state index is 14.0. The van der Waals surface area contributed by atoms with E-state index in [0.717, 1.165) is 0 Å². The van der Waals surface area contributed by atoms with Crippen molar-refractivity contribution in [3.05, 3.63) is 30.1 Å². The number of para-hydroxylation sites is 1. The number of anilines is 2. The fourth-order valence-corrected chi connectivity index (χ4v) is 3.77. The Hall–Kier alpha value is -2.55. The summed E-state index contributed by atoms with van der Waals surface area (Å²) in [5.41, 5.74) is -0.424. The molecule has 1 saturated heterocycles. The molecular formula is C17H17F3N4O2. The van der Waals surface area contributed by atoms with Gasteiger partial charge in [-0.25, -0.2) is 13.2 Å². The molecular weight excluding hydrogens is 349 g/mol. The number of halogens is 3. The molecule has 3 heterocycles. The number of alkyl halides is 2. The van der Waals surface area contributed by atoms with Crippen LogP contribution in [-0.4, -0.2) is 53.6 Å². The number of nitrogens with one attached hydrogen (secondary N) is 1. The van der Waals surface area contributed by atoms with Crippen molar-refractivity contribution < 1.29 is 23.0 Å². The minimum Gasteiger partial charge on any atom is -0.493 e. The number of aromatic nitrogens is 2. The molecule has 2 aliphatic rings. The van der Waals surface area contributed by atoms with Gasteiger partial charge in [0.15, 0.2) is 17.4 Å². The number of β-amino-alcohol motifs (C(OH)–C–C–N with tert-alkyl or cyclic N) is 1. The van der Waals surface area contributed by atoms with E-state index in [-0.39, 0.29) is 25.3 Å². The molecule has 1 aromatic heterocycles. The highest BCUT2D eigenvalue weighted by Crippen LogP contribution is 2.45. The number of nitrogens with zero attached hydrogens (tertiary/aromatic N) is 3. The van der Waals surface area contributed by atoms with Crippen LogP contribution in [0.25, 0.3) is 11.3 Å². The average Bonchev–Trinajstić information content (AvgIpc) is 2.99. The van der Waals surface area contributed by atoms with E-state index in [9.17, 15) is 18.3 Å². The van der Waals surface area contributed by atoms with Crippen molar-refractivity contribution in [1.29, 1.82) is 0 Å². The summed E-state index contributed by atoms with van der Waals surface area (Å²) in [6, 6.07) is 5.96. The van der Waals surface area contributed by atoms with Crippen molar-refractivity contribution in [2.45, 2.75) is 24.5 Å². The zero-order valence-corrected chi connectivity index (χ0v) is 13.9. The third-order valence-corrected chi connectivity index (χ3v) is 5.00. The smallest absolute Gasteiger partial charge is 0.263 e. The van der Waals surface area contributed by atoms with E-state index in [0.29, 0.717) is 22.8 Å². The van der Waals surface area contributed by atoms with Crippen molar-refractivity contribution in [3.8, 4) is 17.0 Å². The number of rotatable bonds is 3. The van der Waals surface area contributed by atoms with Gasteiger partial charge in [-0.1, -0.05) is 6.07 Å². The van der Waals surface area contributed by atoms with E-state index in [1.165, 1.54) is 24.1 Å². The summed E-state index contributed by atoms with van der Waals surface area (Å²) in [6.07, 6.45) is -3.56. The topological polar surface area (TPSA) is 70.5 Å². The Morgan fingerprint density at radius 1 is 1.38 bits per heavy atom. The van der Waals surface area contributed by atoms with Crippen LogP contribution in [0.15, 0.2) is 24.3 Å². The summed E-state index contributed by atoms with van der Waals surface area (Å²) in [5, 5.41) is 21.0. The lowest BCUT2D eigenvalue weighted by Gasteiger charge is -2.43. The normalized spacial score (nSPS) is 24.2. The number of aliphatic hydroxyl groups excluding tert-OH is 1. The Bertz CT molecular complexity index is 851. The van der Waals surface area contributed by atoms with Gasteiger partial charge in [-0.3, -0.25) is 0 Å². The van der Waals surface area contributed by atoms with Crippen LogP contribution in [0.3, 0.4) is 0 Å². The van der Waals surface area contributed by atoms with Crippen LogP contribution in [-0.2, 0) is 0 Å². The molecule has 0 radical (unpaired) electrons. The second-order valence-corrected chi connectivity index (χ2v) is 6.51. The predicted octanol–water partition coefficient (Wildman–Crippen LogP) is 2.29. The van der Waals surface area contributed by atoms with E-state index in [1.807, 2.05) is 0 Å². The summed E-state index contributed by atoms with van der Waals surface area (Å²) in [7, 11) is 1.34. The lowest BCUT2D eigenvalue weighted by Crippen LogP contribution is -2.57. The molecule has 1 aromatic carbocycles. The van der Waals surface area contributed by atoms with Crippen molar-refractivity contribution in [2.24, 2.45) is 0 Å². The molecule has 0 saturated carbocycles. The van der Waals surface area contributed by atoms with E-state index in [2.05, 4.69) is 15.5 Å². The summed E-state index contributed by atoms with van der Waals surface area (Å²) >= 11 is 0. The van der Waals surface area contributed by atoms with Crippen LogP contribution in [0, 0.1) is 5.82 Å². The third-order valence-electron chi connectivity index (χ3n) is 5.00. The molecule has 4 rings (SSSR count). The fourth-order valence-electron chi connectivity index (χ4n) is 3.77. The molecule has 0 aliphatic carbocycles. The number of ether oxygens (including phenoxy) is 1. The lowest BCUT2D eigenvalue weighted by molar-refractivity contribution is 0.0509. The first-order valence-corrected chi connectivity index (χ1v) is 8.14. The Morgan fingerprint density at radius 2 is 2.19 bits per heavy atom. The molecule has 0 bridgehead atoms. The minimum atomic E-state index is -2.65. The van der Waals surface area contributed by atoms with Gasteiger partial charge in [0.25, 0.3) is 6.43 Å². The van der Waals surface area contributed by atoms with E-state index >= 15 is 0 Å². The van der Waals surface area contributed by atoms with Gasteiger partial charge in [-0.05, 0) is 18.2 Å². The summed E-state index contributed by atoms with van der Waals surface area (Å²) in [6.45, 7) is 0.0382. The zero-order valence-electron chi connectivity index (χ0n) is 13.9. The first kappa shape index (κ1) is 16.9. The van der Waals surface area contributed by atoms with E-state index < -0.39 is 23.9 Å². The van der Waals surface area contributed by atoms with Gasteiger partial charge >= 0.3 is 0 Å². The highest BCUT2D eigenvalue weighted by atomic mass is 19.3. The van der Waals surface area contributed by atoms with Gasteiger partial charge in [0.2, 0.25) is 0 Å². The van der Waals surface area contributed by atoms with Gasteiger partial charge in [0.1, 0.15) is 5.54 Å². The van der Waals surface area contributed by atoms with Crippen LogP contribution in [0.1, 0.15) is 6.42 Å². The molecule has 26 heavy (non-hydrogen) atoms. The predicted molar refractivity (Wildman–Crippen MR) is 89.2 cm³/mol. The highest BCUT2D eigenvalue weighted by Gasteiger charge is 2.54. The Balaban J connectivity index is 1.83. The van der Waals surface area contributed by atoms with Crippen molar-refractivity contribution in [1.82, 2.24) is 10.2 Å².